The molecule has 0 amide bonds. The molecular formula is C15H19F3N2O. The fourth-order valence-electron chi connectivity index (χ4n) is 3.42. The normalized spacial score (nSPS) is 30.4. The molecule has 21 heavy (non-hydrogen) atoms. The van der Waals surface area contributed by atoms with Gasteiger partial charge in [0.1, 0.15) is 0 Å². The van der Waals surface area contributed by atoms with Crippen molar-refractivity contribution >= 4 is 0 Å². The number of piperidine rings is 1. The van der Waals surface area contributed by atoms with E-state index < -0.39 is 11.7 Å². The molecule has 2 aliphatic rings. The third kappa shape index (κ3) is 3.07. The smallest absolute Gasteiger partial charge is 0.378 e. The number of rotatable bonds is 2. The van der Waals surface area contributed by atoms with Gasteiger partial charge in [-0.05, 0) is 24.5 Å². The minimum Gasteiger partial charge on any atom is -0.378 e. The summed E-state index contributed by atoms with van der Waals surface area (Å²) in [5.74, 6) is 0. The summed E-state index contributed by atoms with van der Waals surface area (Å²) in [4.78, 5) is 2.14. The minimum atomic E-state index is -4.31. The number of fused-ring (bicyclic) bond motifs is 2. The second-order valence-corrected chi connectivity index (χ2v) is 5.90. The predicted octanol–water partition coefficient (Wildman–Crippen LogP) is 2.40. The lowest BCUT2D eigenvalue weighted by Gasteiger charge is -2.48. The molecule has 2 aliphatic heterocycles. The standard InChI is InChI=1S/C15H19F3N2O/c16-15(17,18)14-4-2-1-3-10(14)7-20-12-5-11(19)6-13(20)9-21-8-12/h1-4,11-13H,5-9,19H2. The second kappa shape index (κ2) is 5.59. The Labute approximate surface area is 121 Å². The average molecular weight is 300 g/mol. The lowest BCUT2D eigenvalue weighted by atomic mass is 9.89. The summed E-state index contributed by atoms with van der Waals surface area (Å²) < 4.78 is 44.8. The quantitative estimate of drug-likeness (QED) is 0.911. The van der Waals surface area contributed by atoms with Crippen molar-refractivity contribution in [1.29, 1.82) is 0 Å². The molecule has 2 bridgehead atoms. The van der Waals surface area contributed by atoms with Crippen molar-refractivity contribution in [1.82, 2.24) is 4.90 Å². The van der Waals surface area contributed by atoms with Crippen LogP contribution in [0.4, 0.5) is 13.2 Å². The summed E-state index contributed by atoms with van der Waals surface area (Å²) in [6, 6.07) is 6.17. The van der Waals surface area contributed by atoms with E-state index in [-0.39, 0.29) is 18.1 Å². The van der Waals surface area contributed by atoms with Gasteiger partial charge >= 0.3 is 6.18 Å². The summed E-state index contributed by atoms with van der Waals surface area (Å²) in [7, 11) is 0. The van der Waals surface area contributed by atoms with Gasteiger partial charge in [-0.25, -0.2) is 0 Å². The van der Waals surface area contributed by atoms with E-state index in [0.717, 1.165) is 18.9 Å². The van der Waals surface area contributed by atoms with Crippen LogP contribution in [0.15, 0.2) is 24.3 Å². The molecule has 0 radical (unpaired) electrons. The van der Waals surface area contributed by atoms with Gasteiger partial charge in [0.25, 0.3) is 0 Å². The molecule has 0 aromatic heterocycles. The molecular weight excluding hydrogens is 281 g/mol. The molecule has 3 rings (SSSR count). The van der Waals surface area contributed by atoms with Crippen molar-refractivity contribution in [3.8, 4) is 0 Å². The number of benzene rings is 1. The Morgan fingerprint density at radius 3 is 2.38 bits per heavy atom. The van der Waals surface area contributed by atoms with Crippen LogP contribution < -0.4 is 5.73 Å². The van der Waals surface area contributed by atoms with Crippen LogP contribution in [0, 0.1) is 0 Å². The van der Waals surface area contributed by atoms with E-state index in [9.17, 15) is 13.2 Å². The monoisotopic (exact) mass is 300 g/mol. The maximum Gasteiger partial charge on any atom is 0.416 e. The topological polar surface area (TPSA) is 38.5 Å². The van der Waals surface area contributed by atoms with Gasteiger partial charge in [0, 0.05) is 24.7 Å². The molecule has 2 N–H and O–H groups in total. The molecule has 116 valence electrons. The van der Waals surface area contributed by atoms with Crippen molar-refractivity contribution in [2.45, 2.75) is 43.7 Å². The Morgan fingerprint density at radius 1 is 1.14 bits per heavy atom. The van der Waals surface area contributed by atoms with Crippen molar-refractivity contribution in [2.24, 2.45) is 5.73 Å². The molecule has 2 heterocycles. The van der Waals surface area contributed by atoms with Gasteiger partial charge in [-0.15, -0.1) is 0 Å². The number of hydrogen-bond donors (Lipinski definition) is 1. The zero-order valence-corrected chi connectivity index (χ0v) is 11.6. The lowest BCUT2D eigenvalue weighted by Crippen LogP contribution is -2.59. The van der Waals surface area contributed by atoms with Crippen LogP contribution in [0.25, 0.3) is 0 Å². The molecule has 0 saturated carbocycles. The van der Waals surface area contributed by atoms with Crippen molar-refractivity contribution in [3.05, 3.63) is 35.4 Å². The number of ether oxygens (including phenoxy) is 1. The van der Waals surface area contributed by atoms with Gasteiger partial charge in [-0.3, -0.25) is 4.90 Å². The van der Waals surface area contributed by atoms with Crippen LogP contribution in [-0.2, 0) is 17.5 Å². The molecule has 1 aromatic rings. The Balaban J connectivity index is 1.84. The molecule has 2 unspecified atom stereocenters. The molecule has 6 heteroatoms. The fraction of sp³-hybridized carbons (Fsp3) is 0.600. The average Bonchev–Trinajstić information content (AvgIpc) is 2.39. The lowest BCUT2D eigenvalue weighted by molar-refractivity contribution is -0.139. The van der Waals surface area contributed by atoms with Crippen molar-refractivity contribution < 1.29 is 17.9 Å². The highest BCUT2D eigenvalue weighted by Crippen LogP contribution is 2.35. The highest BCUT2D eigenvalue weighted by Gasteiger charge is 2.39. The SMILES string of the molecule is NC1CC2COCC(C1)N2Cc1ccccc1C(F)(F)F. The molecule has 0 aliphatic carbocycles. The molecule has 1 aromatic carbocycles. The van der Waals surface area contributed by atoms with E-state index in [1.54, 1.807) is 12.1 Å². The first kappa shape index (κ1) is 14.8. The van der Waals surface area contributed by atoms with Crippen LogP contribution in [0.5, 0.6) is 0 Å². The zero-order chi connectivity index (χ0) is 15.0. The summed E-state index contributed by atoms with van der Waals surface area (Å²) in [5, 5.41) is 0. The maximum absolute atomic E-state index is 13.1. The molecule has 2 saturated heterocycles. The van der Waals surface area contributed by atoms with E-state index in [1.165, 1.54) is 6.07 Å². The van der Waals surface area contributed by atoms with Crippen LogP contribution >= 0.6 is 0 Å². The summed E-state index contributed by atoms with van der Waals surface area (Å²) in [6.07, 6.45) is -2.75. The Morgan fingerprint density at radius 2 is 1.76 bits per heavy atom. The van der Waals surface area contributed by atoms with Crippen LogP contribution in [0.1, 0.15) is 24.0 Å². The van der Waals surface area contributed by atoms with Crippen LogP contribution in [0.3, 0.4) is 0 Å². The van der Waals surface area contributed by atoms with E-state index in [1.807, 2.05) is 0 Å². The summed E-state index contributed by atoms with van der Waals surface area (Å²) in [5.41, 5.74) is 5.81. The number of nitrogens with two attached hydrogens (primary N) is 1. The van der Waals surface area contributed by atoms with E-state index in [2.05, 4.69) is 4.90 Å². The largest absolute Gasteiger partial charge is 0.416 e. The first-order valence-corrected chi connectivity index (χ1v) is 7.19. The number of alkyl halides is 3. The highest BCUT2D eigenvalue weighted by atomic mass is 19.4. The van der Waals surface area contributed by atoms with Crippen LogP contribution in [0.2, 0.25) is 0 Å². The van der Waals surface area contributed by atoms with Gasteiger partial charge in [-0.2, -0.15) is 13.2 Å². The van der Waals surface area contributed by atoms with Crippen LogP contribution in [-0.4, -0.2) is 36.2 Å². The van der Waals surface area contributed by atoms with E-state index in [0.29, 0.717) is 25.3 Å². The predicted molar refractivity (Wildman–Crippen MR) is 72.6 cm³/mol. The first-order valence-electron chi connectivity index (χ1n) is 7.19. The number of morpholine rings is 1. The van der Waals surface area contributed by atoms with Gasteiger partial charge in [0.15, 0.2) is 0 Å². The Hall–Kier alpha value is -1.11. The van der Waals surface area contributed by atoms with Gasteiger partial charge in [0.05, 0.1) is 18.8 Å². The van der Waals surface area contributed by atoms with Crippen molar-refractivity contribution in [3.63, 3.8) is 0 Å². The van der Waals surface area contributed by atoms with Gasteiger partial charge in [-0.1, -0.05) is 18.2 Å². The third-order valence-electron chi connectivity index (χ3n) is 4.38. The number of halogens is 3. The zero-order valence-electron chi connectivity index (χ0n) is 11.6. The van der Waals surface area contributed by atoms with Gasteiger partial charge < -0.3 is 10.5 Å². The Bertz CT molecular complexity index is 492. The summed E-state index contributed by atoms with van der Waals surface area (Å²) >= 11 is 0. The minimum absolute atomic E-state index is 0.119. The van der Waals surface area contributed by atoms with Gasteiger partial charge in [0.2, 0.25) is 0 Å². The molecule has 3 nitrogen and oxygen atoms in total. The van der Waals surface area contributed by atoms with E-state index >= 15 is 0 Å². The highest BCUT2D eigenvalue weighted by molar-refractivity contribution is 5.29. The number of hydrogen-bond acceptors (Lipinski definition) is 3. The van der Waals surface area contributed by atoms with Crippen molar-refractivity contribution in [2.75, 3.05) is 13.2 Å². The first-order chi connectivity index (χ1) is 9.95. The third-order valence-corrected chi connectivity index (χ3v) is 4.38. The molecule has 2 fully saturated rings. The summed E-state index contributed by atoms with van der Waals surface area (Å²) in [6.45, 7) is 1.41. The molecule has 0 spiro atoms. The molecule has 2 atom stereocenters. The Kier molecular flexibility index (Phi) is 3.94. The second-order valence-electron chi connectivity index (χ2n) is 5.90. The fourth-order valence-corrected chi connectivity index (χ4v) is 3.42. The van der Waals surface area contributed by atoms with E-state index in [4.69, 9.17) is 10.5 Å². The number of nitrogens with zero attached hydrogens (tertiary/aromatic N) is 1. The maximum atomic E-state index is 13.1.